The van der Waals surface area contributed by atoms with Crippen molar-refractivity contribution < 1.29 is 4.74 Å². The van der Waals surface area contributed by atoms with Gasteiger partial charge in [0.2, 0.25) is 0 Å². The number of likely N-dealkylation sites (N-methyl/N-ethyl adjacent to an activating group) is 1. The van der Waals surface area contributed by atoms with Crippen LogP contribution in [0.5, 0.6) is 0 Å². The van der Waals surface area contributed by atoms with E-state index in [9.17, 15) is 0 Å². The third-order valence-corrected chi connectivity index (χ3v) is 3.82. The predicted octanol–water partition coefficient (Wildman–Crippen LogP) is 1.06. The van der Waals surface area contributed by atoms with E-state index in [4.69, 9.17) is 4.74 Å². The first-order valence-corrected chi connectivity index (χ1v) is 7.20. The van der Waals surface area contributed by atoms with Crippen molar-refractivity contribution in [1.29, 1.82) is 0 Å². The smallest absolute Gasteiger partial charge is 0.0948 e. The molecule has 19 heavy (non-hydrogen) atoms. The molecule has 0 spiro atoms. The lowest BCUT2D eigenvalue weighted by molar-refractivity contribution is 0.0136. The van der Waals surface area contributed by atoms with E-state index in [1.54, 1.807) is 0 Å². The molecule has 0 aromatic carbocycles. The molecule has 1 fully saturated rings. The Morgan fingerprint density at radius 1 is 1.42 bits per heavy atom. The van der Waals surface area contributed by atoms with E-state index in [2.05, 4.69) is 40.2 Å². The van der Waals surface area contributed by atoms with Crippen molar-refractivity contribution in [3.8, 4) is 0 Å². The molecule has 1 aromatic rings. The second kappa shape index (κ2) is 7.03. The second-order valence-corrected chi connectivity index (χ2v) is 5.37. The Kier molecular flexibility index (Phi) is 5.36. The number of morpholine rings is 1. The van der Waals surface area contributed by atoms with Gasteiger partial charge in [-0.2, -0.15) is 0 Å². The van der Waals surface area contributed by atoms with Crippen LogP contribution in [-0.4, -0.2) is 65.3 Å². The summed E-state index contributed by atoms with van der Waals surface area (Å²) in [4.78, 5) is 9.11. The van der Waals surface area contributed by atoms with Gasteiger partial charge in [-0.25, -0.2) is 4.98 Å². The highest BCUT2D eigenvalue weighted by Crippen LogP contribution is 2.08. The molecule has 1 aliphatic rings. The number of ether oxygens (including phenoxy) is 1. The number of hydrogen-bond donors (Lipinski definition) is 0. The molecule has 1 atom stereocenters. The number of aromatic nitrogens is 2. The van der Waals surface area contributed by atoms with Crippen molar-refractivity contribution in [2.24, 2.45) is 0 Å². The van der Waals surface area contributed by atoms with Gasteiger partial charge in [0.1, 0.15) is 0 Å². The van der Waals surface area contributed by atoms with E-state index in [0.717, 1.165) is 45.9 Å². The zero-order valence-electron chi connectivity index (χ0n) is 12.4. The summed E-state index contributed by atoms with van der Waals surface area (Å²) in [6.07, 6.45) is 3.88. The van der Waals surface area contributed by atoms with Gasteiger partial charge in [-0.3, -0.25) is 9.80 Å². The van der Waals surface area contributed by atoms with E-state index < -0.39 is 0 Å². The van der Waals surface area contributed by atoms with Gasteiger partial charge in [0.25, 0.3) is 0 Å². The van der Waals surface area contributed by atoms with Crippen LogP contribution >= 0.6 is 0 Å². The largest absolute Gasteiger partial charge is 0.379 e. The quantitative estimate of drug-likeness (QED) is 0.771. The third kappa shape index (κ3) is 4.03. The van der Waals surface area contributed by atoms with E-state index in [1.807, 2.05) is 12.5 Å². The fraction of sp³-hybridized carbons (Fsp3) is 0.786. The Balaban J connectivity index is 1.81. The summed E-state index contributed by atoms with van der Waals surface area (Å²) in [5.74, 6) is 0. The van der Waals surface area contributed by atoms with Crippen molar-refractivity contribution in [3.63, 3.8) is 0 Å². The standard InChI is InChI=1S/C14H26N4O/c1-4-17-12-15-9-14(17)11-16(3)10-13(2)18-5-7-19-8-6-18/h9,12-13H,4-8,10-11H2,1-3H3/t13-/m1/s1. The molecule has 5 heteroatoms. The van der Waals surface area contributed by atoms with E-state index in [1.165, 1.54) is 5.69 Å². The average molecular weight is 266 g/mol. The number of hydrogen-bond acceptors (Lipinski definition) is 4. The molecule has 0 amide bonds. The Hall–Kier alpha value is -0.910. The highest BCUT2D eigenvalue weighted by atomic mass is 16.5. The Bertz CT molecular complexity index is 373. The van der Waals surface area contributed by atoms with Gasteiger partial charge in [-0.05, 0) is 20.9 Å². The summed E-state index contributed by atoms with van der Waals surface area (Å²) in [6.45, 7) is 11.3. The monoisotopic (exact) mass is 266 g/mol. The maximum atomic E-state index is 5.40. The first-order chi connectivity index (χ1) is 9.20. The lowest BCUT2D eigenvalue weighted by Crippen LogP contribution is -2.46. The maximum absolute atomic E-state index is 5.40. The van der Waals surface area contributed by atoms with Crippen LogP contribution in [0.1, 0.15) is 19.5 Å². The Morgan fingerprint density at radius 3 is 2.84 bits per heavy atom. The highest BCUT2D eigenvalue weighted by Gasteiger charge is 2.18. The van der Waals surface area contributed by atoms with Gasteiger partial charge < -0.3 is 9.30 Å². The Morgan fingerprint density at radius 2 is 2.16 bits per heavy atom. The van der Waals surface area contributed by atoms with Crippen LogP contribution in [0.3, 0.4) is 0 Å². The number of rotatable bonds is 6. The maximum Gasteiger partial charge on any atom is 0.0948 e. The van der Waals surface area contributed by atoms with Gasteiger partial charge in [0.15, 0.2) is 0 Å². The zero-order valence-corrected chi connectivity index (χ0v) is 12.4. The minimum absolute atomic E-state index is 0.576. The topological polar surface area (TPSA) is 33.5 Å². The summed E-state index contributed by atoms with van der Waals surface area (Å²) in [5.41, 5.74) is 1.29. The van der Waals surface area contributed by atoms with Crippen molar-refractivity contribution in [2.75, 3.05) is 39.9 Å². The van der Waals surface area contributed by atoms with Gasteiger partial charge in [0, 0.05) is 45.0 Å². The molecule has 1 saturated heterocycles. The summed E-state index contributed by atoms with van der Waals surface area (Å²) in [5, 5.41) is 0. The summed E-state index contributed by atoms with van der Waals surface area (Å²) in [7, 11) is 2.18. The molecule has 1 aromatic heterocycles. The highest BCUT2D eigenvalue weighted by molar-refractivity contribution is 4.98. The molecule has 0 N–H and O–H groups in total. The molecule has 0 saturated carbocycles. The normalized spacial score (nSPS) is 18.9. The minimum atomic E-state index is 0.576. The van der Waals surface area contributed by atoms with Crippen LogP contribution in [0.2, 0.25) is 0 Å². The molecule has 108 valence electrons. The molecule has 2 rings (SSSR count). The van der Waals surface area contributed by atoms with E-state index in [0.29, 0.717) is 6.04 Å². The molecular formula is C14H26N4O. The number of aryl methyl sites for hydroxylation is 1. The van der Waals surface area contributed by atoms with E-state index in [-0.39, 0.29) is 0 Å². The molecule has 0 bridgehead atoms. The fourth-order valence-electron chi connectivity index (χ4n) is 2.69. The van der Waals surface area contributed by atoms with Crippen LogP contribution in [-0.2, 0) is 17.8 Å². The number of imidazole rings is 1. The molecule has 1 aliphatic heterocycles. The summed E-state index contributed by atoms with van der Waals surface area (Å²) in [6, 6.07) is 0.576. The van der Waals surface area contributed by atoms with Gasteiger partial charge >= 0.3 is 0 Å². The third-order valence-electron chi connectivity index (χ3n) is 3.82. The van der Waals surface area contributed by atoms with Crippen molar-refractivity contribution in [2.45, 2.75) is 33.0 Å². The molecule has 0 radical (unpaired) electrons. The number of nitrogens with zero attached hydrogens (tertiary/aromatic N) is 4. The molecular weight excluding hydrogens is 240 g/mol. The van der Waals surface area contributed by atoms with Crippen LogP contribution in [0, 0.1) is 0 Å². The van der Waals surface area contributed by atoms with Crippen molar-refractivity contribution >= 4 is 0 Å². The lowest BCUT2D eigenvalue weighted by atomic mass is 10.2. The minimum Gasteiger partial charge on any atom is -0.379 e. The summed E-state index contributed by atoms with van der Waals surface area (Å²) < 4.78 is 7.61. The molecule has 0 unspecified atom stereocenters. The summed E-state index contributed by atoms with van der Waals surface area (Å²) >= 11 is 0. The molecule has 2 heterocycles. The lowest BCUT2D eigenvalue weighted by Gasteiger charge is -2.34. The Labute approximate surface area is 116 Å². The second-order valence-electron chi connectivity index (χ2n) is 5.37. The first-order valence-electron chi connectivity index (χ1n) is 7.20. The predicted molar refractivity (Wildman–Crippen MR) is 76.1 cm³/mol. The van der Waals surface area contributed by atoms with Gasteiger partial charge in [-0.15, -0.1) is 0 Å². The SMILES string of the molecule is CCn1cncc1CN(C)C[C@@H](C)N1CCOCC1. The molecule has 5 nitrogen and oxygen atoms in total. The van der Waals surface area contributed by atoms with Gasteiger partial charge in [-0.1, -0.05) is 0 Å². The van der Waals surface area contributed by atoms with Crippen LogP contribution in [0.4, 0.5) is 0 Å². The van der Waals surface area contributed by atoms with Crippen LogP contribution in [0.15, 0.2) is 12.5 Å². The van der Waals surface area contributed by atoms with Crippen LogP contribution in [0.25, 0.3) is 0 Å². The zero-order chi connectivity index (χ0) is 13.7. The molecule has 0 aliphatic carbocycles. The van der Waals surface area contributed by atoms with Crippen molar-refractivity contribution in [3.05, 3.63) is 18.2 Å². The van der Waals surface area contributed by atoms with Gasteiger partial charge in [0.05, 0.1) is 25.2 Å². The first kappa shape index (κ1) is 14.5. The van der Waals surface area contributed by atoms with Crippen molar-refractivity contribution in [1.82, 2.24) is 19.4 Å². The average Bonchev–Trinajstić information content (AvgIpc) is 2.86. The fourth-order valence-corrected chi connectivity index (χ4v) is 2.69. The van der Waals surface area contributed by atoms with Crippen LogP contribution < -0.4 is 0 Å². The van der Waals surface area contributed by atoms with E-state index >= 15 is 0 Å².